The molecule has 1 fully saturated rings. The summed E-state index contributed by atoms with van der Waals surface area (Å²) in [6.07, 6.45) is 2.32. The molecule has 0 spiro atoms. The number of rotatable bonds is 5. The molecule has 0 unspecified atom stereocenters. The average molecular weight is 396 g/mol. The largest absolute Gasteiger partial charge is 0.497 e. The minimum absolute atomic E-state index is 0.134. The lowest BCUT2D eigenvalue weighted by Crippen LogP contribution is -2.58. The van der Waals surface area contributed by atoms with Crippen LogP contribution in [0.3, 0.4) is 0 Å². The number of hydrogen-bond donors (Lipinski definition) is 1. The van der Waals surface area contributed by atoms with E-state index in [2.05, 4.69) is 5.43 Å². The number of nitrogens with one attached hydrogen (secondary N) is 1. The summed E-state index contributed by atoms with van der Waals surface area (Å²) >= 11 is 0. The molecule has 0 aliphatic carbocycles. The first-order valence-corrected chi connectivity index (χ1v) is 9.39. The Morgan fingerprint density at radius 3 is 2.38 bits per heavy atom. The number of anilines is 1. The van der Waals surface area contributed by atoms with Gasteiger partial charge in [0, 0.05) is 31.7 Å². The summed E-state index contributed by atoms with van der Waals surface area (Å²) in [5, 5.41) is 1.51. The molecule has 1 saturated heterocycles. The number of carbonyl (C=O) groups is 1. The van der Waals surface area contributed by atoms with Crippen LogP contribution >= 0.6 is 0 Å². The van der Waals surface area contributed by atoms with Gasteiger partial charge >= 0.3 is 0 Å². The molecule has 7 heteroatoms. The Hall–Kier alpha value is -3.03. The van der Waals surface area contributed by atoms with E-state index in [-0.39, 0.29) is 12.3 Å². The van der Waals surface area contributed by atoms with Crippen molar-refractivity contribution in [2.45, 2.75) is 24.7 Å². The highest BCUT2D eigenvalue weighted by atomic mass is 16.7. The number of nitrogens with zero attached hydrogens (tertiary/aromatic N) is 1. The smallest absolute Gasteiger partial charge is 0.249 e. The molecule has 2 heterocycles. The van der Waals surface area contributed by atoms with Crippen LogP contribution in [-0.4, -0.2) is 33.5 Å². The molecular formula is C22H24N2O5. The van der Waals surface area contributed by atoms with Crippen LogP contribution in [0.2, 0.25) is 0 Å². The summed E-state index contributed by atoms with van der Waals surface area (Å²) in [7, 11) is 4.76. The average Bonchev–Trinajstić information content (AvgIpc) is 2.78. The zero-order valence-electron chi connectivity index (χ0n) is 16.7. The summed E-state index contributed by atoms with van der Waals surface area (Å²) in [5.74, 6) is 1.06. The second-order valence-corrected chi connectivity index (χ2v) is 6.92. The van der Waals surface area contributed by atoms with Gasteiger partial charge in [0.05, 0.1) is 32.0 Å². The maximum absolute atomic E-state index is 13.3. The van der Waals surface area contributed by atoms with Crippen molar-refractivity contribution in [3.63, 3.8) is 0 Å². The molecule has 7 nitrogen and oxygen atoms in total. The lowest BCUT2D eigenvalue weighted by molar-refractivity contribution is -0.204. The second kappa shape index (κ2) is 7.77. The highest BCUT2D eigenvalue weighted by molar-refractivity contribution is 5.95. The van der Waals surface area contributed by atoms with Crippen molar-refractivity contribution in [1.29, 1.82) is 0 Å². The van der Waals surface area contributed by atoms with Crippen LogP contribution in [0.15, 0.2) is 60.3 Å². The number of hydrazine groups is 1. The first-order valence-electron chi connectivity index (χ1n) is 9.39. The molecule has 2 atom stereocenters. The predicted molar refractivity (Wildman–Crippen MR) is 107 cm³/mol. The van der Waals surface area contributed by atoms with Crippen LogP contribution in [0.5, 0.6) is 11.5 Å². The lowest BCUT2D eigenvalue weighted by atomic mass is 9.83. The highest BCUT2D eigenvalue weighted by Crippen LogP contribution is 2.44. The van der Waals surface area contributed by atoms with Crippen molar-refractivity contribution in [1.82, 2.24) is 5.43 Å². The maximum Gasteiger partial charge on any atom is 0.249 e. The Labute approximate surface area is 169 Å². The number of benzene rings is 2. The third kappa shape index (κ3) is 3.43. The molecule has 2 aromatic rings. The number of fused-ring (bicyclic) bond motifs is 1. The van der Waals surface area contributed by atoms with Crippen molar-refractivity contribution in [2.24, 2.45) is 0 Å². The zero-order valence-corrected chi connectivity index (χ0v) is 16.7. The molecule has 2 aliphatic rings. The van der Waals surface area contributed by atoms with Gasteiger partial charge in [-0.3, -0.25) is 10.2 Å². The van der Waals surface area contributed by atoms with Crippen LogP contribution in [0.25, 0.3) is 0 Å². The molecule has 4 rings (SSSR count). The summed E-state index contributed by atoms with van der Waals surface area (Å²) in [5.41, 5.74) is 4.67. The van der Waals surface area contributed by atoms with Gasteiger partial charge in [-0.1, -0.05) is 36.4 Å². The highest BCUT2D eigenvalue weighted by Gasteiger charge is 2.49. The van der Waals surface area contributed by atoms with E-state index in [0.29, 0.717) is 23.6 Å². The van der Waals surface area contributed by atoms with Crippen LogP contribution in [-0.2, 0) is 19.9 Å². The minimum atomic E-state index is -0.920. The molecule has 0 radical (unpaired) electrons. The van der Waals surface area contributed by atoms with E-state index in [1.807, 2.05) is 36.4 Å². The van der Waals surface area contributed by atoms with Gasteiger partial charge < -0.3 is 18.9 Å². The number of hydrogen-bond acceptors (Lipinski definition) is 6. The van der Waals surface area contributed by atoms with E-state index >= 15 is 0 Å². The molecule has 152 valence electrons. The van der Waals surface area contributed by atoms with Gasteiger partial charge in [-0.05, 0) is 5.56 Å². The quantitative estimate of drug-likeness (QED) is 0.838. The van der Waals surface area contributed by atoms with Crippen molar-refractivity contribution in [3.05, 3.63) is 65.9 Å². The van der Waals surface area contributed by atoms with E-state index in [9.17, 15) is 4.79 Å². The molecule has 0 saturated carbocycles. The van der Waals surface area contributed by atoms with Gasteiger partial charge in [-0.25, -0.2) is 5.01 Å². The van der Waals surface area contributed by atoms with Gasteiger partial charge in [0.1, 0.15) is 17.1 Å². The van der Waals surface area contributed by atoms with Crippen molar-refractivity contribution in [2.75, 3.05) is 26.3 Å². The van der Waals surface area contributed by atoms with Crippen LogP contribution in [0, 0.1) is 0 Å². The van der Waals surface area contributed by atoms with E-state index < -0.39 is 11.9 Å². The normalized spacial score (nSPS) is 23.7. The van der Waals surface area contributed by atoms with Crippen LogP contribution in [0.4, 0.5) is 5.69 Å². The lowest BCUT2D eigenvalue weighted by Gasteiger charge is -2.47. The van der Waals surface area contributed by atoms with Gasteiger partial charge in [0.2, 0.25) is 5.91 Å². The SMILES string of the molecule is COc1cc(OC)cc(N2NC3=CC[C@@H](OC)O[C@@]3(c3ccccc3)CC2=O)c1. The standard InChI is InChI=1S/C22H24N2O5/c1-26-17-11-16(12-18(13-17)27-2)24-20(25)14-22(15-7-5-4-6-8-15)19(23-24)9-10-21(28-3)29-22/h4-9,11-13,21,23H,10,14H2,1-3H3/t21-,22+/m0/s1. The van der Waals surface area contributed by atoms with Gasteiger partial charge in [0.25, 0.3) is 0 Å². The third-order valence-corrected chi connectivity index (χ3v) is 5.26. The molecule has 2 aromatic carbocycles. The molecule has 0 bridgehead atoms. The summed E-state index contributed by atoms with van der Waals surface area (Å²) in [6, 6.07) is 15.1. The Balaban J connectivity index is 1.75. The van der Waals surface area contributed by atoms with Crippen molar-refractivity contribution in [3.8, 4) is 11.5 Å². The maximum atomic E-state index is 13.3. The van der Waals surface area contributed by atoms with Gasteiger partial charge in [0.15, 0.2) is 6.29 Å². The van der Waals surface area contributed by atoms with Crippen molar-refractivity contribution >= 4 is 11.6 Å². The summed E-state index contributed by atoms with van der Waals surface area (Å²) < 4.78 is 22.4. The number of amides is 1. The topological polar surface area (TPSA) is 69.3 Å². The first-order chi connectivity index (χ1) is 14.1. The fourth-order valence-corrected chi connectivity index (χ4v) is 3.77. The summed E-state index contributed by atoms with van der Waals surface area (Å²) in [6.45, 7) is 0. The second-order valence-electron chi connectivity index (χ2n) is 6.92. The number of ether oxygens (including phenoxy) is 4. The Morgan fingerprint density at radius 2 is 1.76 bits per heavy atom. The number of methoxy groups -OCH3 is 3. The van der Waals surface area contributed by atoms with Gasteiger partial charge in [-0.15, -0.1) is 0 Å². The van der Waals surface area contributed by atoms with Crippen LogP contribution < -0.4 is 19.9 Å². The van der Waals surface area contributed by atoms with Crippen LogP contribution in [0.1, 0.15) is 18.4 Å². The Morgan fingerprint density at radius 1 is 1.07 bits per heavy atom. The zero-order chi connectivity index (χ0) is 20.4. The molecular weight excluding hydrogens is 372 g/mol. The first kappa shape index (κ1) is 19.3. The molecule has 29 heavy (non-hydrogen) atoms. The predicted octanol–water partition coefficient (Wildman–Crippen LogP) is 3.12. The Kier molecular flexibility index (Phi) is 5.17. The van der Waals surface area contributed by atoms with Gasteiger partial charge in [-0.2, -0.15) is 0 Å². The molecule has 2 aliphatic heterocycles. The van der Waals surface area contributed by atoms with E-state index in [0.717, 1.165) is 11.3 Å². The molecule has 1 N–H and O–H groups in total. The van der Waals surface area contributed by atoms with E-state index in [1.54, 1.807) is 39.5 Å². The fraction of sp³-hybridized carbons (Fsp3) is 0.318. The summed E-state index contributed by atoms with van der Waals surface area (Å²) in [4.78, 5) is 13.3. The fourth-order valence-electron chi connectivity index (χ4n) is 3.77. The van der Waals surface area contributed by atoms with E-state index in [4.69, 9.17) is 18.9 Å². The molecule has 1 amide bonds. The molecule has 0 aromatic heterocycles. The Bertz CT molecular complexity index is 908. The minimum Gasteiger partial charge on any atom is -0.497 e. The van der Waals surface area contributed by atoms with Crippen molar-refractivity contribution < 1.29 is 23.7 Å². The van der Waals surface area contributed by atoms with E-state index in [1.165, 1.54) is 5.01 Å². The third-order valence-electron chi connectivity index (χ3n) is 5.26. The number of carbonyl (C=O) groups excluding carboxylic acids is 1. The monoisotopic (exact) mass is 396 g/mol.